The minimum absolute atomic E-state index is 0.0642. The Kier molecular flexibility index (Phi) is 5.77. The van der Waals surface area contributed by atoms with Crippen LogP contribution in [-0.4, -0.2) is 28.4 Å². The van der Waals surface area contributed by atoms with Crippen molar-refractivity contribution in [2.45, 2.75) is 33.2 Å². The Morgan fingerprint density at radius 3 is 2.88 bits per heavy atom. The van der Waals surface area contributed by atoms with Crippen molar-refractivity contribution in [3.05, 3.63) is 10.6 Å². The lowest BCUT2D eigenvalue weighted by atomic mass is 10.2. The number of nitrogens with zero attached hydrogens (tertiary/aromatic N) is 1. The summed E-state index contributed by atoms with van der Waals surface area (Å²) in [6.45, 7) is 5.96. The second-order valence-corrected chi connectivity index (χ2v) is 6.25. The van der Waals surface area contributed by atoms with E-state index < -0.39 is 0 Å². The molecule has 0 fully saturated rings. The number of carbonyl (C=O) groups excluding carboxylic acids is 1. The van der Waals surface area contributed by atoms with Crippen LogP contribution in [0.4, 0.5) is 5.13 Å². The Hall–Kier alpha value is -0.750. The van der Waals surface area contributed by atoms with Crippen LogP contribution in [0.1, 0.15) is 35.6 Å². The highest BCUT2D eigenvalue weighted by Gasteiger charge is 2.15. The van der Waals surface area contributed by atoms with Crippen LogP contribution in [0.25, 0.3) is 0 Å². The maximum Gasteiger partial charge on any atom is 0.263 e. The zero-order valence-electron chi connectivity index (χ0n) is 10.4. The fourth-order valence-corrected chi connectivity index (χ4v) is 2.94. The lowest BCUT2D eigenvalue weighted by Crippen LogP contribution is -2.32. The van der Waals surface area contributed by atoms with Gasteiger partial charge < -0.3 is 11.1 Å². The molecule has 3 N–H and O–H groups in total. The fourth-order valence-electron chi connectivity index (χ4n) is 1.39. The number of thioether (sulfide) groups is 1. The number of amides is 1. The van der Waals surface area contributed by atoms with Gasteiger partial charge in [0.1, 0.15) is 4.88 Å². The van der Waals surface area contributed by atoms with Crippen LogP contribution in [0.2, 0.25) is 0 Å². The Labute approximate surface area is 110 Å². The van der Waals surface area contributed by atoms with Crippen molar-refractivity contribution in [2.75, 3.05) is 17.2 Å². The molecule has 1 unspecified atom stereocenters. The van der Waals surface area contributed by atoms with E-state index in [-0.39, 0.29) is 11.9 Å². The number of nitrogens with two attached hydrogens (primary N) is 1. The largest absolute Gasteiger partial charge is 0.375 e. The molecule has 0 saturated carbocycles. The molecule has 0 aromatic carbocycles. The molecule has 1 rings (SSSR count). The van der Waals surface area contributed by atoms with Crippen molar-refractivity contribution in [3.63, 3.8) is 0 Å². The molecule has 17 heavy (non-hydrogen) atoms. The second kappa shape index (κ2) is 6.86. The van der Waals surface area contributed by atoms with E-state index in [9.17, 15) is 4.79 Å². The molecular formula is C11H19N3OS2. The average Bonchev–Trinajstić information content (AvgIpc) is 2.58. The van der Waals surface area contributed by atoms with Gasteiger partial charge in [-0.1, -0.05) is 18.3 Å². The first-order valence-electron chi connectivity index (χ1n) is 5.66. The van der Waals surface area contributed by atoms with Crippen LogP contribution >= 0.6 is 23.1 Å². The van der Waals surface area contributed by atoms with Gasteiger partial charge in [0.25, 0.3) is 5.91 Å². The van der Waals surface area contributed by atoms with Crippen LogP contribution in [0.15, 0.2) is 0 Å². The van der Waals surface area contributed by atoms with E-state index in [2.05, 4.69) is 17.2 Å². The Bertz CT molecular complexity index is 379. The van der Waals surface area contributed by atoms with E-state index in [0.29, 0.717) is 15.7 Å². The maximum absolute atomic E-state index is 11.9. The molecule has 0 radical (unpaired) electrons. The average molecular weight is 273 g/mol. The van der Waals surface area contributed by atoms with Gasteiger partial charge in [-0.25, -0.2) is 4.98 Å². The van der Waals surface area contributed by atoms with Gasteiger partial charge in [-0.05, 0) is 31.8 Å². The molecule has 0 bridgehead atoms. The third-order valence-corrected chi connectivity index (χ3v) is 4.21. The van der Waals surface area contributed by atoms with Gasteiger partial charge in [0.15, 0.2) is 5.13 Å². The van der Waals surface area contributed by atoms with E-state index in [1.165, 1.54) is 11.3 Å². The van der Waals surface area contributed by atoms with Crippen molar-refractivity contribution in [1.82, 2.24) is 10.3 Å². The minimum Gasteiger partial charge on any atom is -0.375 e. The van der Waals surface area contributed by atoms with Crippen LogP contribution in [0.5, 0.6) is 0 Å². The number of aromatic nitrogens is 1. The summed E-state index contributed by atoms with van der Waals surface area (Å²) in [5, 5.41) is 3.42. The smallest absolute Gasteiger partial charge is 0.263 e. The first-order valence-corrected chi connectivity index (χ1v) is 7.63. The molecule has 1 aromatic rings. The van der Waals surface area contributed by atoms with Gasteiger partial charge in [0, 0.05) is 6.04 Å². The van der Waals surface area contributed by atoms with Crippen LogP contribution in [-0.2, 0) is 0 Å². The lowest BCUT2D eigenvalue weighted by Gasteiger charge is -2.12. The summed E-state index contributed by atoms with van der Waals surface area (Å²) < 4.78 is 0. The second-order valence-electron chi connectivity index (χ2n) is 3.83. The molecule has 6 heteroatoms. The third-order valence-electron chi connectivity index (χ3n) is 2.30. The molecule has 1 atom stereocenters. The van der Waals surface area contributed by atoms with Gasteiger partial charge in [0.2, 0.25) is 0 Å². The zero-order chi connectivity index (χ0) is 12.8. The summed E-state index contributed by atoms with van der Waals surface area (Å²) >= 11 is 3.13. The van der Waals surface area contributed by atoms with E-state index in [1.54, 1.807) is 6.92 Å². The van der Waals surface area contributed by atoms with Gasteiger partial charge in [-0.2, -0.15) is 11.8 Å². The van der Waals surface area contributed by atoms with Crippen molar-refractivity contribution < 1.29 is 4.79 Å². The lowest BCUT2D eigenvalue weighted by molar-refractivity contribution is 0.0943. The number of anilines is 1. The van der Waals surface area contributed by atoms with Crippen LogP contribution in [0, 0.1) is 6.92 Å². The van der Waals surface area contributed by atoms with E-state index in [1.807, 2.05) is 18.7 Å². The van der Waals surface area contributed by atoms with Crippen molar-refractivity contribution in [1.29, 1.82) is 0 Å². The SMILES string of the molecule is CCSCCC(C)NC(=O)c1sc(N)nc1C. The summed E-state index contributed by atoms with van der Waals surface area (Å²) in [7, 11) is 0. The molecule has 0 saturated heterocycles. The van der Waals surface area contributed by atoms with Gasteiger partial charge in [0.05, 0.1) is 5.69 Å². The highest BCUT2D eigenvalue weighted by atomic mass is 32.2. The number of hydrogen-bond acceptors (Lipinski definition) is 5. The predicted molar refractivity (Wildman–Crippen MR) is 75.8 cm³/mol. The molecule has 0 aliphatic heterocycles. The van der Waals surface area contributed by atoms with Crippen molar-refractivity contribution in [3.8, 4) is 0 Å². The zero-order valence-corrected chi connectivity index (χ0v) is 12.1. The molecule has 1 aromatic heterocycles. The van der Waals surface area contributed by atoms with E-state index in [0.717, 1.165) is 17.9 Å². The number of aryl methyl sites for hydroxylation is 1. The number of nitrogens with one attached hydrogen (secondary N) is 1. The Morgan fingerprint density at radius 1 is 1.65 bits per heavy atom. The number of hydrogen-bond donors (Lipinski definition) is 2. The number of carbonyl (C=O) groups is 1. The summed E-state index contributed by atoms with van der Waals surface area (Å²) in [5.41, 5.74) is 6.28. The van der Waals surface area contributed by atoms with Crippen LogP contribution < -0.4 is 11.1 Å². The molecule has 96 valence electrons. The Balaban J connectivity index is 2.46. The predicted octanol–water partition coefficient (Wildman–Crippen LogP) is 2.30. The monoisotopic (exact) mass is 273 g/mol. The van der Waals surface area contributed by atoms with Crippen LogP contribution in [0.3, 0.4) is 0 Å². The standard InChI is InChI=1S/C11H19N3OS2/c1-4-16-6-5-7(2)13-10(15)9-8(3)14-11(12)17-9/h7H,4-6H2,1-3H3,(H2,12,14)(H,13,15). The number of thiazole rings is 1. The summed E-state index contributed by atoms with van der Waals surface area (Å²) in [6.07, 6.45) is 0.984. The first kappa shape index (κ1) is 14.3. The third kappa shape index (κ3) is 4.55. The van der Waals surface area contributed by atoms with Gasteiger partial charge >= 0.3 is 0 Å². The molecule has 0 aliphatic carbocycles. The van der Waals surface area contributed by atoms with Gasteiger partial charge in [-0.3, -0.25) is 4.79 Å². The highest BCUT2D eigenvalue weighted by Crippen LogP contribution is 2.19. The molecule has 0 aliphatic rings. The summed E-state index contributed by atoms with van der Waals surface area (Å²) in [5.74, 6) is 2.12. The number of nitrogen functional groups attached to an aromatic ring is 1. The van der Waals surface area contributed by atoms with Crippen molar-refractivity contribution in [2.24, 2.45) is 0 Å². The molecule has 1 amide bonds. The summed E-state index contributed by atoms with van der Waals surface area (Å²) in [6, 6.07) is 0.185. The quantitative estimate of drug-likeness (QED) is 0.780. The van der Waals surface area contributed by atoms with Crippen molar-refractivity contribution >= 4 is 34.1 Å². The maximum atomic E-state index is 11.9. The normalized spacial score (nSPS) is 12.4. The molecular weight excluding hydrogens is 254 g/mol. The first-order chi connectivity index (χ1) is 8.04. The highest BCUT2D eigenvalue weighted by molar-refractivity contribution is 7.99. The van der Waals surface area contributed by atoms with E-state index in [4.69, 9.17) is 5.73 Å². The fraction of sp³-hybridized carbons (Fsp3) is 0.636. The van der Waals surface area contributed by atoms with Gasteiger partial charge in [-0.15, -0.1) is 0 Å². The summed E-state index contributed by atoms with van der Waals surface area (Å²) in [4.78, 5) is 16.6. The Morgan fingerprint density at radius 2 is 2.35 bits per heavy atom. The molecule has 1 heterocycles. The minimum atomic E-state index is -0.0642. The molecule has 0 spiro atoms. The number of rotatable bonds is 6. The molecule has 4 nitrogen and oxygen atoms in total. The topological polar surface area (TPSA) is 68.0 Å². The van der Waals surface area contributed by atoms with E-state index >= 15 is 0 Å².